The molecule has 3 rings (SSSR count). The second-order valence-corrected chi connectivity index (χ2v) is 7.29. The number of nitrogens with zero attached hydrogens (tertiary/aromatic N) is 2. The topological polar surface area (TPSA) is 105 Å². The van der Waals surface area contributed by atoms with Crippen molar-refractivity contribution in [2.24, 2.45) is 0 Å². The molecule has 0 fully saturated rings. The largest absolute Gasteiger partial charge is 0.461 e. The van der Waals surface area contributed by atoms with Crippen LogP contribution in [0.15, 0.2) is 64.3 Å². The second kappa shape index (κ2) is 8.41. The van der Waals surface area contributed by atoms with E-state index in [1.54, 1.807) is 18.2 Å². The maximum absolute atomic E-state index is 13.9. The fourth-order valence-electron chi connectivity index (χ4n) is 2.43. The van der Waals surface area contributed by atoms with E-state index in [0.29, 0.717) is 23.9 Å². The zero-order valence-electron chi connectivity index (χ0n) is 15.4. The molecule has 2 aromatic carbocycles. The van der Waals surface area contributed by atoms with E-state index in [2.05, 4.69) is 5.10 Å². The van der Waals surface area contributed by atoms with Crippen LogP contribution in [0.3, 0.4) is 0 Å². The second-order valence-electron chi connectivity index (χ2n) is 5.78. The monoisotopic (exact) mass is 436 g/mol. The maximum Gasteiger partial charge on any atom is 0.362 e. The summed E-state index contributed by atoms with van der Waals surface area (Å²) in [5.74, 6) is -4.16. The summed E-state index contributed by atoms with van der Waals surface area (Å²) in [4.78, 5) is 23.6. The Kier molecular flexibility index (Phi) is 5.92. The summed E-state index contributed by atoms with van der Waals surface area (Å²) in [5, 5.41) is 3.85. The molecule has 3 aromatic rings. The van der Waals surface area contributed by atoms with E-state index in [1.807, 2.05) is 0 Å². The summed E-state index contributed by atoms with van der Waals surface area (Å²) in [6.07, 6.45) is 0. The van der Waals surface area contributed by atoms with E-state index in [-0.39, 0.29) is 6.61 Å². The third kappa shape index (κ3) is 4.35. The van der Waals surface area contributed by atoms with Gasteiger partial charge in [-0.1, -0.05) is 18.2 Å². The molecular weight excluding hydrogens is 422 g/mol. The Balaban J connectivity index is 2.14. The molecule has 0 aliphatic carbocycles. The Morgan fingerprint density at radius 1 is 1.10 bits per heavy atom. The minimum absolute atomic E-state index is 0.0737. The molecule has 1 heterocycles. The van der Waals surface area contributed by atoms with Crippen LogP contribution >= 0.6 is 0 Å². The van der Waals surface area contributed by atoms with Crippen LogP contribution in [0.4, 0.5) is 8.78 Å². The normalized spacial score (nSPS) is 11.2. The summed E-state index contributed by atoms with van der Waals surface area (Å²) in [5.41, 5.74) is -1.18. The molecule has 8 nitrogen and oxygen atoms in total. The summed E-state index contributed by atoms with van der Waals surface area (Å²) in [6, 6.07) is 10.4. The number of benzene rings is 2. The van der Waals surface area contributed by atoms with Gasteiger partial charge in [0.25, 0.3) is 5.56 Å². The quantitative estimate of drug-likeness (QED) is 0.432. The zero-order valence-corrected chi connectivity index (χ0v) is 16.2. The minimum Gasteiger partial charge on any atom is -0.461 e. The van der Waals surface area contributed by atoms with Crippen LogP contribution in [0.2, 0.25) is 0 Å². The molecule has 0 radical (unpaired) electrons. The molecule has 0 amide bonds. The first-order valence-electron chi connectivity index (χ1n) is 8.49. The number of rotatable bonds is 6. The summed E-state index contributed by atoms with van der Waals surface area (Å²) in [7, 11) is -4.94. The lowest BCUT2D eigenvalue weighted by molar-refractivity contribution is 0.0515. The molecule has 0 N–H and O–H groups in total. The predicted octanol–water partition coefficient (Wildman–Crippen LogP) is 2.46. The van der Waals surface area contributed by atoms with E-state index in [4.69, 9.17) is 8.92 Å². The lowest BCUT2D eigenvalue weighted by Gasteiger charge is -2.12. The molecule has 0 unspecified atom stereocenters. The van der Waals surface area contributed by atoms with Gasteiger partial charge >= 0.3 is 16.1 Å². The zero-order chi connectivity index (χ0) is 21.9. The van der Waals surface area contributed by atoms with Gasteiger partial charge in [-0.05, 0) is 37.3 Å². The van der Waals surface area contributed by atoms with Crippen LogP contribution < -0.4 is 9.74 Å². The van der Waals surface area contributed by atoms with Crippen molar-refractivity contribution in [2.45, 2.75) is 11.8 Å². The Labute approximate surface area is 169 Å². The van der Waals surface area contributed by atoms with Crippen molar-refractivity contribution < 1.29 is 30.9 Å². The lowest BCUT2D eigenvalue weighted by Crippen LogP contribution is -2.26. The number of carbonyl (C=O) groups is 1. The highest BCUT2D eigenvalue weighted by atomic mass is 32.2. The first-order chi connectivity index (χ1) is 14.2. The average molecular weight is 436 g/mol. The standard InChI is InChI=1S/C19H14F2N2O6S/c1-2-28-19(25)18-15(11-17(24)23(22-18)13-6-4-3-5-7-13)29-30(26,27)16-10-12(20)8-9-14(16)21/h3-11H,2H2,1H3. The molecule has 0 saturated carbocycles. The number of halogens is 2. The first kappa shape index (κ1) is 21.1. The van der Waals surface area contributed by atoms with Crippen molar-refractivity contribution in [3.8, 4) is 11.4 Å². The highest BCUT2D eigenvalue weighted by Crippen LogP contribution is 2.24. The van der Waals surface area contributed by atoms with Gasteiger partial charge in [0.05, 0.1) is 18.4 Å². The van der Waals surface area contributed by atoms with Crippen LogP contribution in [0.25, 0.3) is 5.69 Å². The minimum atomic E-state index is -4.94. The van der Waals surface area contributed by atoms with E-state index in [9.17, 15) is 26.8 Å². The Hall–Kier alpha value is -3.60. The van der Waals surface area contributed by atoms with Crippen LogP contribution in [0.1, 0.15) is 17.4 Å². The number of ether oxygens (including phenoxy) is 1. The van der Waals surface area contributed by atoms with Gasteiger partial charge in [-0.15, -0.1) is 0 Å². The van der Waals surface area contributed by atoms with Crippen molar-refractivity contribution in [1.29, 1.82) is 0 Å². The summed E-state index contributed by atoms with van der Waals surface area (Å²) in [6.45, 7) is 1.43. The van der Waals surface area contributed by atoms with Crippen molar-refractivity contribution >= 4 is 16.1 Å². The molecule has 156 valence electrons. The van der Waals surface area contributed by atoms with E-state index in [0.717, 1.165) is 10.7 Å². The van der Waals surface area contributed by atoms with Crippen molar-refractivity contribution in [2.75, 3.05) is 6.61 Å². The van der Waals surface area contributed by atoms with Crippen LogP contribution in [-0.2, 0) is 14.9 Å². The van der Waals surface area contributed by atoms with Crippen molar-refractivity contribution in [1.82, 2.24) is 9.78 Å². The first-order valence-corrected chi connectivity index (χ1v) is 9.90. The van der Waals surface area contributed by atoms with Gasteiger partial charge < -0.3 is 8.92 Å². The molecule has 0 atom stereocenters. The molecular formula is C19H14F2N2O6S. The number of aromatic nitrogens is 2. The van der Waals surface area contributed by atoms with Gasteiger partial charge in [0.15, 0.2) is 5.75 Å². The summed E-state index contributed by atoms with van der Waals surface area (Å²) >= 11 is 0. The highest BCUT2D eigenvalue weighted by molar-refractivity contribution is 7.87. The van der Waals surface area contributed by atoms with Gasteiger partial charge in [0, 0.05) is 0 Å². The fourth-order valence-corrected chi connectivity index (χ4v) is 3.45. The molecule has 30 heavy (non-hydrogen) atoms. The third-order valence-electron chi connectivity index (χ3n) is 3.73. The van der Waals surface area contributed by atoms with Crippen LogP contribution in [0.5, 0.6) is 5.75 Å². The van der Waals surface area contributed by atoms with Crippen molar-refractivity contribution in [3.05, 3.63) is 82.3 Å². The maximum atomic E-state index is 13.9. The SMILES string of the molecule is CCOC(=O)c1nn(-c2ccccc2)c(=O)cc1OS(=O)(=O)c1cc(F)ccc1F. The number of hydrogen-bond acceptors (Lipinski definition) is 7. The molecule has 0 aliphatic rings. The van der Waals surface area contributed by atoms with Gasteiger partial charge in [-0.25, -0.2) is 13.6 Å². The molecule has 1 aromatic heterocycles. The van der Waals surface area contributed by atoms with E-state index < -0.39 is 49.6 Å². The third-order valence-corrected chi connectivity index (χ3v) is 4.98. The van der Waals surface area contributed by atoms with Crippen molar-refractivity contribution in [3.63, 3.8) is 0 Å². The molecule has 11 heteroatoms. The molecule has 0 spiro atoms. The summed E-state index contributed by atoms with van der Waals surface area (Å²) < 4.78 is 62.7. The van der Waals surface area contributed by atoms with Gasteiger partial charge in [0.1, 0.15) is 16.5 Å². The molecule has 0 bridgehead atoms. The number of esters is 1. The van der Waals surface area contributed by atoms with E-state index >= 15 is 0 Å². The Morgan fingerprint density at radius 3 is 2.47 bits per heavy atom. The van der Waals surface area contributed by atoms with Gasteiger partial charge in [0.2, 0.25) is 5.69 Å². The van der Waals surface area contributed by atoms with Gasteiger partial charge in [-0.3, -0.25) is 4.79 Å². The Morgan fingerprint density at radius 2 is 1.80 bits per heavy atom. The van der Waals surface area contributed by atoms with Gasteiger partial charge in [-0.2, -0.15) is 18.2 Å². The number of hydrogen-bond donors (Lipinski definition) is 0. The smallest absolute Gasteiger partial charge is 0.362 e. The number of para-hydroxylation sites is 1. The van der Waals surface area contributed by atoms with E-state index in [1.165, 1.54) is 19.1 Å². The Bertz CT molecular complexity index is 1260. The average Bonchev–Trinajstić information content (AvgIpc) is 2.70. The predicted molar refractivity (Wildman–Crippen MR) is 100.0 cm³/mol. The lowest BCUT2D eigenvalue weighted by atomic mass is 10.3. The highest BCUT2D eigenvalue weighted by Gasteiger charge is 2.28. The fraction of sp³-hybridized carbons (Fsp3) is 0.105. The molecule has 0 aliphatic heterocycles. The molecule has 0 saturated heterocycles. The van der Waals surface area contributed by atoms with Crippen LogP contribution in [0, 0.1) is 11.6 Å². The number of carbonyl (C=O) groups excluding carboxylic acids is 1. The van der Waals surface area contributed by atoms with Crippen LogP contribution in [-0.4, -0.2) is 30.8 Å².